The molecule has 0 bridgehead atoms. The number of nitrogen functional groups attached to an aromatic ring is 1. The summed E-state index contributed by atoms with van der Waals surface area (Å²) in [6.45, 7) is -0.500. The molecule has 1 aromatic carbocycles. The second-order valence-corrected chi connectivity index (χ2v) is 10.0. The predicted octanol–water partition coefficient (Wildman–Crippen LogP) is -1.57. The summed E-state index contributed by atoms with van der Waals surface area (Å²) in [6.07, 6.45) is -3.62. The van der Waals surface area contributed by atoms with Crippen LogP contribution in [0.4, 0.5) is 5.82 Å². The molecule has 1 saturated heterocycles. The second-order valence-electron chi connectivity index (χ2n) is 8.50. The van der Waals surface area contributed by atoms with Crippen molar-refractivity contribution in [3.05, 3.63) is 48.0 Å². The third kappa shape index (κ3) is 6.18. The van der Waals surface area contributed by atoms with Gasteiger partial charge in [0.25, 0.3) is 0 Å². The minimum Gasteiger partial charge on any atom is -0.465 e. The van der Waals surface area contributed by atoms with Crippen molar-refractivity contribution in [3.63, 3.8) is 0 Å². The van der Waals surface area contributed by atoms with E-state index in [1.165, 1.54) is 48.6 Å². The highest BCUT2D eigenvalue weighted by Crippen LogP contribution is 2.31. The molecule has 1 amide bonds. The van der Waals surface area contributed by atoms with Crippen LogP contribution in [0.25, 0.3) is 11.2 Å². The largest absolute Gasteiger partial charge is 0.465 e. The van der Waals surface area contributed by atoms with Gasteiger partial charge in [0.15, 0.2) is 23.5 Å². The fourth-order valence-electron chi connectivity index (χ4n) is 3.92. The molecule has 2 aromatic heterocycles. The first kappa shape index (κ1) is 28.0. The van der Waals surface area contributed by atoms with Gasteiger partial charge in [-0.1, -0.05) is 12.1 Å². The van der Waals surface area contributed by atoms with Crippen molar-refractivity contribution in [1.82, 2.24) is 29.0 Å². The average molecular weight is 564 g/mol. The van der Waals surface area contributed by atoms with Gasteiger partial charge in [-0.05, 0) is 12.1 Å². The van der Waals surface area contributed by atoms with Crippen molar-refractivity contribution in [2.45, 2.75) is 37.4 Å². The Kier molecular flexibility index (Phi) is 8.17. The molecule has 0 saturated carbocycles. The number of nitrogens with two attached hydrogens (primary N) is 1. The molecule has 16 nitrogen and oxygen atoms in total. The summed E-state index contributed by atoms with van der Waals surface area (Å²) in [5, 5.41) is 20.9. The summed E-state index contributed by atoms with van der Waals surface area (Å²) >= 11 is 0. The van der Waals surface area contributed by atoms with Crippen LogP contribution in [0.1, 0.15) is 39.8 Å². The monoisotopic (exact) mass is 563 g/mol. The molecule has 208 valence electrons. The standard InChI is InChI=1S/C22H25N7O9S/c1-37-22(34)12-4-2-3-11(7-12)13(30)5-6-15(31)28-39(35,36)27-8-14-17(32)18(33)21(38-14)29-10-26-16-19(23)24-9-25-20(16)29/h2-4,7,9-10,14,17-18,21,27,32-33H,5-6,8H2,1H3,(H,28,31)(H2,23,24,25)/t14-,17-,18-,21?/m1/s1. The minimum atomic E-state index is -4.41. The van der Waals surface area contributed by atoms with E-state index in [0.29, 0.717) is 0 Å². The van der Waals surface area contributed by atoms with Crippen LogP contribution >= 0.6 is 0 Å². The molecule has 39 heavy (non-hydrogen) atoms. The fourth-order valence-corrected chi connectivity index (χ4v) is 4.78. The van der Waals surface area contributed by atoms with E-state index in [-0.39, 0.29) is 34.5 Å². The van der Waals surface area contributed by atoms with Crippen molar-refractivity contribution < 1.29 is 42.5 Å². The molecule has 0 radical (unpaired) electrons. The maximum atomic E-state index is 12.4. The predicted molar refractivity (Wildman–Crippen MR) is 132 cm³/mol. The number of aliphatic hydroxyl groups excluding tert-OH is 2. The number of anilines is 1. The maximum Gasteiger partial charge on any atom is 0.337 e. The van der Waals surface area contributed by atoms with Gasteiger partial charge >= 0.3 is 16.2 Å². The zero-order valence-electron chi connectivity index (χ0n) is 20.4. The SMILES string of the molecule is COC(=O)c1cccc(C(=O)CCC(=O)NS(=O)(=O)NC[C@H]2OC(n3cnc4c(N)ncnc43)[C@H](O)[C@@H]2O)c1. The van der Waals surface area contributed by atoms with Crippen molar-refractivity contribution in [3.8, 4) is 0 Å². The van der Waals surface area contributed by atoms with Crippen LogP contribution < -0.4 is 15.2 Å². The van der Waals surface area contributed by atoms with Crippen molar-refractivity contribution in [2.24, 2.45) is 0 Å². The van der Waals surface area contributed by atoms with Gasteiger partial charge in [0.05, 0.1) is 19.0 Å². The molecule has 3 heterocycles. The zero-order valence-corrected chi connectivity index (χ0v) is 21.2. The van der Waals surface area contributed by atoms with E-state index in [1.807, 2.05) is 0 Å². The van der Waals surface area contributed by atoms with Crippen LogP contribution in [0.3, 0.4) is 0 Å². The third-order valence-corrected chi connectivity index (χ3v) is 6.95. The number of methoxy groups -OCH3 is 1. The molecule has 1 fully saturated rings. The Morgan fingerprint density at radius 1 is 1.13 bits per heavy atom. The number of ether oxygens (including phenoxy) is 2. The van der Waals surface area contributed by atoms with Crippen molar-refractivity contribution in [2.75, 3.05) is 19.4 Å². The van der Waals surface area contributed by atoms with Crippen LogP contribution in [0.15, 0.2) is 36.9 Å². The number of rotatable bonds is 10. The molecule has 6 N–H and O–H groups in total. The van der Waals surface area contributed by atoms with Gasteiger partial charge in [-0.3, -0.25) is 14.2 Å². The first-order chi connectivity index (χ1) is 18.5. The van der Waals surface area contributed by atoms with E-state index >= 15 is 0 Å². The molecule has 17 heteroatoms. The number of hydrogen-bond donors (Lipinski definition) is 5. The van der Waals surface area contributed by atoms with E-state index in [4.69, 9.17) is 10.5 Å². The lowest BCUT2D eigenvalue weighted by Crippen LogP contribution is -2.45. The molecule has 1 aliphatic rings. The molecule has 4 atom stereocenters. The number of hydrogen-bond acceptors (Lipinski definition) is 13. The van der Waals surface area contributed by atoms with Crippen LogP contribution in [0.5, 0.6) is 0 Å². The Labute approximate surface area is 221 Å². The molecule has 3 aromatic rings. The Morgan fingerprint density at radius 2 is 1.87 bits per heavy atom. The smallest absolute Gasteiger partial charge is 0.337 e. The van der Waals surface area contributed by atoms with Gasteiger partial charge in [-0.15, -0.1) is 0 Å². The summed E-state index contributed by atoms with van der Waals surface area (Å²) in [6, 6.07) is 5.70. The Balaban J connectivity index is 1.30. The van der Waals surface area contributed by atoms with Gasteiger partial charge in [0, 0.05) is 24.9 Å². The first-order valence-corrected chi connectivity index (χ1v) is 13.0. The topological polar surface area (TPSA) is 238 Å². The van der Waals surface area contributed by atoms with Gasteiger partial charge < -0.3 is 25.4 Å². The van der Waals surface area contributed by atoms with E-state index in [0.717, 1.165) is 0 Å². The highest BCUT2D eigenvalue weighted by atomic mass is 32.2. The van der Waals surface area contributed by atoms with E-state index < -0.39 is 65.4 Å². The molecule has 0 aliphatic carbocycles. The normalized spacial score (nSPS) is 21.1. The Hall–Kier alpha value is -4.03. The van der Waals surface area contributed by atoms with E-state index in [1.54, 1.807) is 4.72 Å². The Bertz CT molecular complexity index is 1510. The summed E-state index contributed by atoms with van der Waals surface area (Å²) in [5.41, 5.74) is 6.56. The zero-order chi connectivity index (χ0) is 28.3. The highest BCUT2D eigenvalue weighted by molar-refractivity contribution is 7.88. The van der Waals surface area contributed by atoms with Crippen LogP contribution in [-0.2, 0) is 24.5 Å². The summed E-state index contributed by atoms with van der Waals surface area (Å²) in [7, 11) is -3.21. The number of aromatic nitrogens is 4. The number of ketones is 1. The van der Waals surface area contributed by atoms with E-state index in [9.17, 15) is 33.0 Å². The number of imidazole rings is 1. The lowest BCUT2D eigenvalue weighted by molar-refractivity contribution is -0.119. The Morgan fingerprint density at radius 3 is 2.62 bits per heavy atom. The number of benzene rings is 1. The lowest BCUT2D eigenvalue weighted by atomic mass is 10.0. The number of aliphatic hydroxyl groups is 2. The lowest BCUT2D eigenvalue weighted by Gasteiger charge is -2.16. The molecule has 1 unspecified atom stereocenters. The van der Waals surface area contributed by atoms with Crippen LogP contribution in [0.2, 0.25) is 0 Å². The highest BCUT2D eigenvalue weighted by Gasteiger charge is 2.44. The maximum absolute atomic E-state index is 12.4. The molecular formula is C22H25N7O9S. The summed E-state index contributed by atoms with van der Waals surface area (Å²) < 4.78 is 40.1. The number of carbonyl (C=O) groups is 3. The number of esters is 1. The summed E-state index contributed by atoms with van der Waals surface area (Å²) in [5.74, 6) is -1.98. The van der Waals surface area contributed by atoms with E-state index in [2.05, 4.69) is 24.4 Å². The van der Waals surface area contributed by atoms with Crippen molar-refractivity contribution in [1.29, 1.82) is 0 Å². The molecule has 0 spiro atoms. The number of fused-ring (bicyclic) bond motifs is 1. The van der Waals surface area contributed by atoms with Gasteiger partial charge in [-0.2, -0.15) is 13.1 Å². The van der Waals surface area contributed by atoms with Gasteiger partial charge in [0.1, 0.15) is 30.2 Å². The number of nitrogens with one attached hydrogen (secondary N) is 2. The fraction of sp³-hybridized carbons (Fsp3) is 0.364. The number of Topliss-reactive ketones (excluding diaryl/α,β-unsaturated/α-hetero) is 1. The first-order valence-electron chi connectivity index (χ1n) is 11.5. The second kappa shape index (κ2) is 11.4. The number of amides is 1. The molecular weight excluding hydrogens is 538 g/mol. The minimum absolute atomic E-state index is 0.100. The van der Waals surface area contributed by atoms with Gasteiger partial charge in [0.2, 0.25) is 5.91 Å². The third-order valence-electron chi connectivity index (χ3n) is 5.91. The number of carbonyl (C=O) groups excluding carboxylic acids is 3. The van der Waals surface area contributed by atoms with Crippen LogP contribution in [-0.4, -0.2) is 87.8 Å². The molecule has 4 rings (SSSR count). The molecule has 1 aliphatic heterocycles. The van der Waals surface area contributed by atoms with Crippen molar-refractivity contribution >= 4 is 44.9 Å². The average Bonchev–Trinajstić information content (AvgIpc) is 3.47. The summed E-state index contributed by atoms with van der Waals surface area (Å²) in [4.78, 5) is 48.1. The number of nitrogens with zero attached hydrogens (tertiary/aromatic N) is 4. The van der Waals surface area contributed by atoms with Crippen LogP contribution in [0, 0.1) is 0 Å². The quantitative estimate of drug-likeness (QED) is 0.139. The van der Waals surface area contributed by atoms with Gasteiger partial charge in [-0.25, -0.2) is 24.5 Å².